The average Bonchev–Trinajstić information content (AvgIpc) is 2.77. The van der Waals surface area contributed by atoms with E-state index in [1.807, 2.05) is 38.1 Å². The van der Waals surface area contributed by atoms with Crippen LogP contribution in [0.2, 0.25) is 0 Å². The van der Waals surface area contributed by atoms with Crippen LogP contribution in [0.15, 0.2) is 30.3 Å². The molecule has 0 saturated heterocycles. The fraction of sp³-hybridized carbons (Fsp3) is 0.357. The van der Waals surface area contributed by atoms with Gasteiger partial charge in [0.1, 0.15) is 5.82 Å². The number of halogens is 1. The molecule has 0 aliphatic rings. The first kappa shape index (κ1) is 15.9. The molecule has 0 unspecified atom stereocenters. The molecule has 1 heterocycles. The van der Waals surface area contributed by atoms with Crippen LogP contribution >= 0.6 is 11.6 Å². The van der Waals surface area contributed by atoms with Crippen LogP contribution in [0.25, 0.3) is 5.69 Å². The lowest BCUT2D eigenvalue weighted by Crippen LogP contribution is -2.19. The van der Waals surface area contributed by atoms with Crippen molar-refractivity contribution >= 4 is 27.4 Å². The van der Waals surface area contributed by atoms with Crippen LogP contribution in [0.5, 0.6) is 0 Å². The van der Waals surface area contributed by atoms with Crippen molar-refractivity contribution in [2.45, 2.75) is 20.3 Å². The number of alkyl halides is 1. The van der Waals surface area contributed by atoms with Gasteiger partial charge < -0.3 is 0 Å². The largest absolute Gasteiger partial charge is 0.267 e. The van der Waals surface area contributed by atoms with Gasteiger partial charge in [-0.05, 0) is 31.9 Å². The van der Waals surface area contributed by atoms with Crippen LogP contribution in [0.1, 0.15) is 17.7 Å². The van der Waals surface area contributed by atoms with E-state index in [0.29, 0.717) is 18.1 Å². The van der Waals surface area contributed by atoms with E-state index in [4.69, 9.17) is 11.6 Å². The van der Waals surface area contributed by atoms with Gasteiger partial charge in [0.25, 0.3) is 0 Å². The summed E-state index contributed by atoms with van der Waals surface area (Å²) >= 11 is 5.55. The minimum absolute atomic E-state index is 0.00546. The molecule has 1 aromatic carbocycles. The number of benzene rings is 1. The molecule has 0 saturated carbocycles. The molecule has 0 amide bonds. The lowest BCUT2D eigenvalue weighted by atomic mass is 10.2. The molecule has 0 radical (unpaired) electrons. The van der Waals surface area contributed by atoms with E-state index in [1.54, 1.807) is 10.7 Å². The third kappa shape index (κ3) is 3.98. The van der Waals surface area contributed by atoms with Crippen molar-refractivity contribution in [3.8, 4) is 5.69 Å². The molecule has 0 aliphatic heterocycles. The van der Waals surface area contributed by atoms with Crippen molar-refractivity contribution in [2.24, 2.45) is 0 Å². The summed E-state index contributed by atoms with van der Waals surface area (Å²) in [6.45, 7) is 3.78. The summed E-state index contributed by atoms with van der Waals surface area (Å²) in [5.74, 6) is 0.752. The summed E-state index contributed by atoms with van der Waals surface area (Å²) in [6, 6.07) is 9.39. The molecular weight excluding hydrogens is 310 g/mol. The zero-order valence-corrected chi connectivity index (χ0v) is 13.6. The third-order valence-electron chi connectivity index (χ3n) is 2.98. The number of sulfonamides is 1. The van der Waals surface area contributed by atoms with Crippen molar-refractivity contribution in [3.63, 3.8) is 0 Å². The zero-order chi connectivity index (χ0) is 15.5. The summed E-state index contributed by atoms with van der Waals surface area (Å²) in [7, 11) is -3.42. The molecule has 114 valence electrons. The Hall–Kier alpha value is -1.53. The first-order valence-corrected chi connectivity index (χ1v) is 8.81. The number of aryl methyl sites for hydroxylation is 2. The molecule has 1 aromatic heterocycles. The summed E-state index contributed by atoms with van der Waals surface area (Å²) in [6.07, 6.45) is 0.411. The Morgan fingerprint density at radius 3 is 2.67 bits per heavy atom. The maximum atomic E-state index is 12.0. The van der Waals surface area contributed by atoms with E-state index < -0.39 is 10.0 Å². The minimum atomic E-state index is -3.42. The first-order valence-electron chi connectivity index (χ1n) is 6.62. The Morgan fingerprint density at radius 1 is 1.29 bits per heavy atom. The number of hydrogen-bond donors (Lipinski definition) is 1. The van der Waals surface area contributed by atoms with Crippen LogP contribution < -0.4 is 4.72 Å². The summed E-state index contributed by atoms with van der Waals surface area (Å²) in [5, 5.41) is 4.37. The lowest BCUT2D eigenvalue weighted by Gasteiger charge is -2.12. The molecule has 5 nitrogen and oxygen atoms in total. The van der Waals surface area contributed by atoms with Gasteiger partial charge in [-0.3, -0.25) is 4.72 Å². The molecule has 2 aromatic rings. The van der Waals surface area contributed by atoms with Crippen molar-refractivity contribution < 1.29 is 8.42 Å². The molecule has 0 aliphatic carbocycles. The molecule has 21 heavy (non-hydrogen) atoms. The Bertz CT molecular complexity index is 726. The number of para-hydroxylation sites is 1. The number of rotatable bonds is 6. The maximum absolute atomic E-state index is 12.0. The molecular formula is C14H18ClN3O2S. The summed E-state index contributed by atoms with van der Waals surface area (Å²) < 4.78 is 28.2. The van der Waals surface area contributed by atoms with Gasteiger partial charge in [-0.1, -0.05) is 18.2 Å². The summed E-state index contributed by atoms with van der Waals surface area (Å²) in [5.41, 5.74) is 2.61. The standard InChI is InChI=1S/C14H18ClN3O2S/c1-11-6-3-4-7-13(11)18-14(10-12(2)16-18)17-21(19,20)9-5-8-15/h3-4,6-7,10,17H,5,8-9H2,1-2H3. The fourth-order valence-corrected chi connectivity index (χ4v) is 3.39. The van der Waals surface area contributed by atoms with Gasteiger partial charge in [0.15, 0.2) is 0 Å². The monoisotopic (exact) mass is 327 g/mol. The summed E-state index contributed by atoms with van der Waals surface area (Å²) in [4.78, 5) is 0. The van der Waals surface area contributed by atoms with E-state index in [0.717, 1.165) is 16.9 Å². The van der Waals surface area contributed by atoms with E-state index in [2.05, 4.69) is 9.82 Å². The lowest BCUT2D eigenvalue weighted by molar-refractivity contribution is 0.599. The topological polar surface area (TPSA) is 64.0 Å². The van der Waals surface area contributed by atoms with Crippen molar-refractivity contribution in [1.82, 2.24) is 9.78 Å². The van der Waals surface area contributed by atoms with E-state index in [9.17, 15) is 8.42 Å². The normalized spacial score (nSPS) is 11.6. The third-order valence-corrected chi connectivity index (χ3v) is 4.60. The van der Waals surface area contributed by atoms with Crippen LogP contribution in [0.3, 0.4) is 0 Å². The van der Waals surface area contributed by atoms with Gasteiger partial charge >= 0.3 is 0 Å². The number of nitrogens with zero attached hydrogens (tertiary/aromatic N) is 2. The quantitative estimate of drug-likeness (QED) is 0.830. The highest BCUT2D eigenvalue weighted by molar-refractivity contribution is 7.92. The van der Waals surface area contributed by atoms with Gasteiger partial charge in [0, 0.05) is 11.9 Å². The fourth-order valence-electron chi connectivity index (χ4n) is 2.01. The number of aromatic nitrogens is 2. The predicted octanol–water partition coefficient (Wildman–Crippen LogP) is 2.86. The molecule has 0 fully saturated rings. The first-order chi connectivity index (χ1) is 9.93. The van der Waals surface area contributed by atoms with Crippen molar-refractivity contribution in [3.05, 3.63) is 41.6 Å². The van der Waals surface area contributed by atoms with Crippen LogP contribution in [0.4, 0.5) is 5.82 Å². The molecule has 2 rings (SSSR count). The smallest absolute Gasteiger partial charge is 0.233 e. The van der Waals surface area contributed by atoms with Gasteiger partial charge in [-0.25, -0.2) is 13.1 Å². The molecule has 7 heteroatoms. The maximum Gasteiger partial charge on any atom is 0.233 e. The van der Waals surface area contributed by atoms with E-state index in [-0.39, 0.29) is 5.75 Å². The van der Waals surface area contributed by atoms with Gasteiger partial charge in [-0.15, -0.1) is 11.6 Å². The Labute approximate surface area is 130 Å². The van der Waals surface area contributed by atoms with E-state index >= 15 is 0 Å². The highest BCUT2D eigenvalue weighted by Gasteiger charge is 2.16. The second-order valence-electron chi connectivity index (χ2n) is 4.83. The minimum Gasteiger partial charge on any atom is -0.267 e. The highest BCUT2D eigenvalue weighted by atomic mass is 35.5. The molecule has 0 spiro atoms. The molecule has 0 bridgehead atoms. The van der Waals surface area contributed by atoms with Crippen molar-refractivity contribution in [2.75, 3.05) is 16.4 Å². The number of anilines is 1. The SMILES string of the molecule is Cc1cc(NS(=O)(=O)CCCCl)n(-c2ccccc2C)n1. The molecule has 0 atom stereocenters. The average molecular weight is 328 g/mol. The van der Waals surface area contributed by atoms with Gasteiger partial charge in [0.2, 0.25) is 10.0 Å². The predicted molar refractivity (Wildman–Crippen MR) is 85.8 cm³/mol. The number of nitrogens with one attached hydrogen (secondary N) is 1. The Morgan fingerprint density at radius 2 is 2.00 bits per heavy atom. The zero-order valence-electron chi connectivity index (χ0n) is 12.0. The second kappa shape index (κ2) is 6.49. The van der Waals surface area contributed by atoms with Gasteiger partial charge in [0.05, 0.1) is 17.1 Å². The van der Waals surface area contributed by atoms with Crippen LogP contribution in [-0.2, 0) is 10.0 Å². The van der Waals surface area contributed by atoms with Crippen LogP contribution in [-0.4, -0.2) is 29.8 Å². The number of hydrogen-bond acceptors (Lipinski definition) is 3. The van der Waals surface area contributed by atoms with Crippen molar-refractivity contribution in [1.29, 1.82) is 0 Å². The Balaban J connectivity index is 2.36. The van der Waals surface area contributed by atoms with Gasteiger partial charge in [-0.2, -0.15) is 5.10 Å². The Kier molecular flexibility index (Phi) is 4.90. The highest BCUT2D eigenvalue weighted by Crippen LogP contribution is 2.21. The van der Waals surface area contributed by atoms with Crippen LogP contribution in [0, 0.1) is 13.8 Å². The van der Waals surface area contributed by atoms with E-state index in [1.165, 1.54) is 0 Å². The molecule has 1 N–H and O–H groups in total. The second-order valence-corrected chi connectivity index (χ2v) is 7.05.